The molecule has 36 heavy (non-hydrogen) atoms. The number of nitrogens with zero attached hydrogens (tertiary/aromatic N) is 3. The largest absolute Gasteiger partial charge is 0.492 e. The maximum atomic E-state index is 13.9. The smallest absolute Gasteiger partial charge is 0.240 e. The zero-order valence-electron chi connectivity index (χ0n) is 19.7. The first-order valence-corrected chi connectivity index (χ1v) is 12.0. The van der Waals surface area contributed by atoms with E-state index in [0.717, 1.165) is 5.39 Å². The fourth-order valence-corrected chi connectivity index (χ4v) is 6.43. The van der Waals surface area contributed by atoms with Gasteiger partial charge in [0.1, 0.15) is 17.9 Å². The highest BCUT2D eigenvalue weighted by atomic mass is 16.5. The summed E-state index contributed by atoms with van der Waals surface area (Å²) in [6, 6.07) is 22.3. The Balaban J connectivity index is 1.33. The molecule has 3 saturated heterocycles. The lowest BCUT2D eigenvalue weighted by Crippen LogP contribution is -2.43. The van der Waals surface area contributed by atoms with E-state index in [4.69, 9.17) is 9.47 Å². The Morgan fingerprint density at radius 1 is 0.972 bits per heavy atom. The average Bonchev–Trinajstić information content (AvgIpc) is 3.47. The molecule has 3 aromatic rings. The molecule has 0 aromatic heterocycles. The fraction of sp³-hybridized carbons (Fsp3) is 0.310. The van der Waals surface area contributed by atoms with Crippen molar-refractivity contribution >= 4 is 28.3 Å². The molecule has 3 fully saturated rings. The second-order valence-electron chi connectivity index (χ2n) is 9.95. The Hall–Kier alpha value is -4.20. The molecule has 4 atom stereocenters. The molecule has 2 amide bonds. The van der Waals surface area contributed by atoms with Crippen molar-refractivity contribution in [3.05, 3.63) is 71.8 Å². The van der Waals surface area contributed by atoms with Gasteiger partial charge in [0.25, 0.3) is 0 Å². The van der Waals surface area contributed by atoms with Crippen LogP contribution < -0.4 is 9.64 Å². The number of carbonyl (C=O) groups is 2. The maximum absolute atomic E-state index is 13.9. The van der Waals surface area contributed by atoms with Gasteiger partial charge in [0.2, 0.25) is 11.8 Å². The van der Waals surface area contributed by atoms with Crippen LogP contribution in [0.5, 0.6) is 5.75 Å². The Labute approximate surface area is 208 Å². The summed E-state index contributed by atoms with van der Waals surface area (Å²) in [4.78, 5) is 28.9. The first-order chi connectivity index (χ1) is 17.4. The molecule has 3 aliphatic heterocycles. The average molecular weight is 478 g/mol. The van der Waals surface area contributed by atoms with Crippen molar-refractivity contribution in [2.24, 2.45) is 11.8 Å². The third-order valence-corrected chi connectivity index (χ3v) is 8.06. The molecule has 0 aliphatic carbocycles. The summed E-state index contributed by atoms with van der Waals surface area (Å²) >= 11 is 0. The maximum Gasteiger partial charge on any atom is 0.240 e. The molecule has 2 bridgehead atoms. The lowest BCUT2D eigenvalue weighted by molar-refractivity contribution is -0.131. The number of fused-ring (bicyclic) bond motifs is 6. The van der Waals surface area contributed by atoms with Crippen LogP contribution in [0.2, 0.25) is 0 Å². The first-order valence-electron chi connectivity index (χ1n) is 12.0. The molecule has 7 heteroatoms. The van der Waals surface area contributed by atoms with E-state index in [2.05, 4.69) is 12.1 Å². The van der Waals surface area contributed by atoms with Crippen LogP contribution in [0.25, 0.3) is 10.8 Å². The zero-order valence-corrected chi connectivity index (χ0v) is 19.7. The van der Waals surface area contributed by atoms with Crippen LogP contribution in [0.4, 0.5) is 5.69 Å². The van der Waals surface area contributed by atoms with Crippen molar-refractivity contribution in [2.45, 2.75) is 37.4 Å². The molecule has 4 unspecified atom stereocenters. The monoisotopic (exact) mass is 477 g/mol. The van der Waals surface area contributed by atoms with Crippen LogP contribution in [0.1, 0.15) is 37.3 Å². The minimum Gasteiger partial charge on any atom is -0.492 e. The number of amides is 2. The van der Waals surface area contributed by atoms with E-state index in [0.29, 0.717) is 47.2 Å². The van der Waals surface area contributed by atoms with Crippen LogP contribution in [0.3, 0.4) is 0 Å². The molecule has 3 aromatic carbocycles. The van der Waals surface area contributed by atoms with Crippen LogP contribution in [0.15, 0.2) is 60.7 Å². The van der Waals surface area contributed by atoms with E-state index >= 15 is 0 Å². The van der Waals surface area contributed by atoms with Gasteiger partial charge in [0, 0.05) is 11.8 Å². The number of hydrogen-bond donors (Lipinski definition) is 0. The van der Waals surface area contributed by atoms with E-state index in [-0.39, 0.29) is 18.4 Å². The number of carbonyl (C=O) groups excluding carboxylic acids is 2. The highest BCUT2D eigenvalue weighted by Gasteiger charge is 2.74. The number of rotatable bonds is 5. The van der Waals surface area contributed by atoms with Gasteiger partial charge in [0.05, 0.1) is 46.5 Å². The molecule has 0 spiro atoms. The highest BCUT2D eigenvalue weighted by molar-refractivity contribution is 6.24. The van der Waals surface area contributed by atoms with Gasteiger partial charge in [-0.1, -0.05) is 42.5 Å². The van der Waals surface area contributed by atoms with Crippen molar-refractivity contribution < 1.29 is 19.1 Å². The van der Waals surface area contributed by atoms with Crippen LogP contribution in [-0.2, 0) is 14.3 Å². The summed E-state index contributed by atoms with van der Waals surface area (Å²) in [5, 5.41) is 20.9. The van der Waals surface area contributed by atoms with Crippen LogP contribution >= 0.6 is 0 Å². The molecule has 3 aliphatic rings. The minimum atomic E-state index is -0.827. The summed E-state index contributed by atoms with van der Waals surface area (Å²) in [5.41, 5.74) is -0.487. The quantitative estimate of drug-likeness (QED) is 0.502. The van der Waals surface area contributed by atoms with Crippen molar-refractivity contribution in [1.82, 2.24) is 0 Å². The SMILES string of the molecule is CC12CCC(CCOc3ccccc3C#N)(O1)C1C(=O)N(c3ccc4ccccc4c3C#N)C(=O)C12. The van der Waals surface area contributed by atoms with Gasteiger partial charge in [-0.15, -0.1) is 0 Å². The molecular weight excluding hydrogens is 454 g/mol. The lowest BCUT2D eigenvalue weighted by atomic mass is 9.67. The summed E-state index contributed by atoms with van der Waals surface area (Å²) in [6.07, 6.45) is 1.72. The topological polar surface area (TPSA) is 103 Å². The molecular formula is C29H23N3O4. The summed E-state index contributed by atoms with van der Waals surface area (Å²) in [6.45, 7) is 2.16. The number of imide groups is 1. The van der Waals surface area contributed by atoms with Crippen molar-refractivity contribution in [3.63, 3.8) is 0 Å². The number of anilines is 1. The Morgan fingerprint density at radius 2 is 1.72 bits per heavy atom. The van der Waals surface area contributed by atoms with Crippen molar-refractivity contribution in [3.8, 4) is 17.9 Å². The van der Waals surface area contributed by atoms with E-state index in [1.807, 2.05) is 37.3 Å². The van der Waals surface area contributed by atoms with Gasteiger partial charge in [-0.25, -0.2) is 4.90 Å². The van der Waals surface area contributed by atoms with Crippen LogP contribution in [-0.4, -0.2) is 29.6 Å². The number of hydrogen-bond acceptors (Lipinski definition) is 6. The standard InChI is InChI=1S/C29H23N3O4/c1-28-12-13-29(36-28,14-15-35-23-9-5-3-7-19(23)16-30)25-24(28)26(33)32(27(25)34)22-11-10-18-6-2-4-8-20(18)21(22)17-31/h2-11,24-25H,12-15H2,1H3. The fourth-order valence-electron chi connectivity index (χ4n) is 6.43. The summed E-state index contributed by atoms with van der Waals surface area (Å²) in [5.74, 6) is -1.40. The lowest BCUT2D eigenvalue weighted by Gasteiger charge is -2.31. The van der Waals surface area contributed by atoms with Gasteiger partial charge in [-0.05, 0) is 43.4 Å². The highest BCUT2D eigenvalue weighted by Crippen LogP contribution is 2.62. The third kappa shape index (κ3) is 3.00. The number of para-hydroxylation sites is 1. The Kier molecular flexibility index (Phi) is 4.90. The second-order valence-corrected chi connectivity index (χ2v) is 9.95. The summed E-state index contributed by atoms with van der Waals surface area (Å²) < 4.78 is 12.4. The summed E-state index contributed by atoms with van der Waals surface area (Å²) in [7, 11) is 0. The number of ether oxygens (including phenoxy) is 2. The predicted molar refractivity (Wildman–Crippen MR) is 131 cm³/mol. The molecule has 0 N–H and O–H groups in total. The van der Waals surface area contributed by atoms with E-state index in [1.165, 1.54) is 4.90 Å². The van der Waals surface area contributed by atoms with Gasteiger partial charge < -0.3 is 9.47 Å². The van der Waals surface area contributed by atoms with Crippen molar-refractivity contribution in [1.29, 1.82) is 10.5 Å². The molecule has 6 rings (SSSR count). The van der Waals surface area contributed by atoms with E-state index in [9.17, 15) is 20.1 Å². The number of benzene rings is 3. The van der Waals surface area contributed by atoms with Gasteiger partial charge in [-0.3, -0.25) is 9.59 Å². The number of nitriles is 2. The van der Waals surface area contributed by atoms with Crippen LogP contribution in [0, 0.1) is 34.5 Å². The molecule has 7 nitrogen and oxygen atoms in total. The predicted octanol–water partition coefficient (Wildman–Crippen LogP) is 4.48. The Morgan fingerprint density at radius 3 is 2.53 bits per heavy atom. The van der Waals surface area contributed by atoms with E-state index < -0.39 is 23.0 Å². The molecule has 0 saturated carbocycles. The second kappa shape index (κ2) is 7.91. The zero-order chi connectivity index (χ0) is 25.1. The third-order valence-electron chi connectivity index (χ3n) is 8.06. The van der Waals surface area contributed by atoms with Gasteiger partial charge in [0.15, 0.2) is 0 Å². The molecule has 0 radical (unpaired) electrons. The van der Waals surface area contributed by atoms with Crippen molar-refractivity contribution in [2.75, 3.05) is 11.5 Å². The molecule has 3 heterocycles. The first kappa shape index (κ1) is 22.3. The van der Waals surface area contributed by atoms with Gasteiger partial charge in [-0.2, -0.15) is 10.5 Å². The minimum absolute atomic E-state index is 0.249. The van der Waals surface area contributed by atoms with E-state index in [1.54, 1.807) is 30.3 Å². The normalized spacial score (nSPS) is 28.2. The Bertz CT molecular complexity index is 1520. The van der Waals surface area contributed by atoms with Gasteiger partial charge >= 0.3 is 0 Å². The molecule has 178 valence electrons.